The van der Waals surface area contributed by atoms with Crippen molar-refractivity contribution in [1.82, 2.24) is 21.1 Å². The molecule has 1 aromatic carbocycles. The van der Waals surface area contributed by atoms with Gasteiger partial charge in [-0.15, -0.1) is 24.0 Å². The monoisotopic (exact) mass is 529 g/mol. The lowest BCUT2D eigenvalue weighted by molar-refractivity contribution is 0.0954. The topological polar surface area (TPSA) is 101 Å². The van der Waals surface area contributed by atoms with Gasteiger partial charge in [0.25, 0.3) is 5.91 Å². The first-order valence-corrected chi connectivity index (χ1v) is 9.93. The number of aromatic nitrogens is 1. The Kier molecular flexibility index (Phi) is 11.9. The molecule has 0 bridgehead atoms. The van der Waals surface area contributed by atoms with Crippen molar-refractivity contribution < 1.29 is 14.1 Å². The van der Waals surface area contributed by atoms with Gasteiger partial charge in [-0.05, 0) is 31.0 Å². The second kappa shape index (κ2) is 13.8. The number of amides is 1. The van der Waals surface area contributed by atoms with Gasteiger partial charge in [0, 0.05) is 37.7 Å². The molecule has 9 heteroatoms. The van der Waals surface area contributed by atoms with Crippen LogP contribution in [-0.2, 0) is 6.54 Å². The number of hydrogen-bond donors (Lipinski definition) is 3. The second-order valence-electron chi connectivity index (χ2n) is 6.57. The number of ether oxygens (including phenoxy) is 1. The van der Waals surface area contributed by atoms with Crippen LogP contribution in [0.2, 0.25) is 0 Å². The predicted octanol–water partition coefficient (Wildman–Crippen LogP) is 3.30. The molecule has 166 valence electrons. The molecule has 0 unspecified atom stereocenters. The molecule has 1 aromatic heterocycles. The summed E-state index contributed by atoms with van der Waals surface area (Å²) < 4.78 is 10.5. The molecule has 0 aliphatic rings. The number of rotatable bonds is 10. The quantitative estimate of drug-likeness (QED) is 0.189. The van der Waals surface area contributed by atoms with Gasteiger partial charge in [-0.25, -0.2) is 0 Å². The maximum absolute atomic E-state index is 12.2. The van der Waals surface area contributed by atoms with Crippen LogP contribution in [0.25, 0.3) is 0 Å². The van der Waals surface area contributed by atoms with Gasteiger partial charge in [0.1, 0.15) is 5.75 Å². The van der Waals surface area contributed by atoms with Crippen molar-refractivity contribution in [2.75, 3.05) is 27.2 Å². The van der Waals surface area contributed by atoms with Gasteiger partial charge < -0.3 is 25.2 Å². The van der Waals surface area contributed by atoms with Gasteiger partial charge >= 0.3 is 0 Å². The summed E-state index contributed by atoms with van der Waals surface area (Å²) in [5.41, 5.74) is 1.56. The van der Waals surface area contributed by atoms with Crippen molar-refractivity contribution in [3.63, 3.8) is 0 Å². The largest absolute Gasteiger partial charge is 0.497 e. The van der Waals surface area contributed by atoms with Gasteiger partial charge in [0.05, 0.1) is 19.3 Å². The Bertz CT molecular complexity index is 805. The van der Waals surface area contributed by atoms with Gasteiger partial charge in [0.2, 0.25) is 0 Å². The highest BCUT2D eigenvalue weighted by atomic mass is 127. The second-order valence-corrected chi connectivity index (χ2v) is 6.57. The first kappa shape index (κ1) is 25.7. The minimum atomic E-state index is -0.149. The molecule has 1 amide bonds. The van der Waals surface area contributed by atoms with Crippen molar-refractivity contribution in [3.05, 3.63) is 47.3 Å². The molecule has 8 nitrogen and oxygen atoms in total. The number of methoxy groups -OCH3 is 1. The molecule has 0 aliphatic heterocycles. The Hall–Kier alpha value is -2.30. The molecular formula is C21H32IN5O3. The zero-order valence-electron chi connectivity index (χ0n) is 18.0. The molecule has 30 heavy (non-hydrogen) atoms. The van der Waals surface area contributed by atoms with E-state index in [0.29, 0.717) is 42.8 Å². The molecule has 0 aliphatic carbocycles. The smallest absolute Gasteiger partial charge is 0.251 e. The van der Waals surface area contributed by atoms with Gasteiger partial charge in [-0.3, -0.25) is 9.79 Å². The highest BCUT2D eigenvalue weighted by Gasteiger charge is 2.13. The molecule has 2 aromatic rings. The number of carbonyl (C=O) groups is 1. The van der Waals surface area contributed by atoms with E-state index < -0.39 is 0 Å². The Morgan fingerprint density at radius 2 is 1.90 bits per heavy atom. The molecule has 0 radical (unpaired) electrons. The Labute approximate surface area is 195 Å². The zero-order chi connectivity index (χ0) is 21.1. The minimum Gasteiger partial charge on any atom is -0.497 e. The fourth-order valence-electron chi connectivity index (χ4n) is 2.93. The summed E-state index contributed by atoms with van der Waals surface area (Å²) in [6, 6.07) is 9.04. The number of nitrogens with one attached hydrogen (secondary N) is 3. The summed E-state index contributed by atoms with van der Waals surface area (Å²) in [5, 5.41) is 13.4. The highest BCUT2D eigenvalue weighted by Crippen LogP contribution is 2.22. The highest BCUT2D eigenvalue weighted by molar-refractivity contribution is 14.0. The van der Waals surface area contributed by atoms with Crippen molar-refractivity contribution in [2.45, 2.75) is 39.2 Å². The summed E-state index contributed by atoms with van der Waals surface area (Å²) in [6.07, 6.45) is 2.08. The Balaban J connectivity index is 0.00000450. The van der Waals surface area contributed by atoms with E-state index in [9.17, 15) is 4.79 Å². The molecule has 3 N–H and O–H groups in total. The van der Waals surface area contributed by atoms with Crippen LogP contribution in [0.4, 0.5) is 0 Å². The molecule has 2 rings (SSSR count). The Morgan fingerprint density at radius 3 is 2.57 bits per heavy atom. The van der Waals surface area contributed by atoms with Crippen LogP contribution < -0.4 is 20.7 Å². The molecule has 0 fully saturated rings. The number of halogens is 1. The number of nitrogens with zero attached hydrogens (tertiary/aromatic N) is 2. The Morgan fingerprint density at radius 1 is 1.17 bits per heavy atom. The van der Waals surface area contributed by atoms with Crippen LogP contribution in [0.3, 0.4) is 0 Å². The van der Waals surface area contributed by atoms with Gasteiger partial charge in [0.15, 0.2) is 11.7 Å². The SMILES string of the molecule is CCC(CC)c1cc(CNC(=NC)NCCNC(=O)c2cccc(OC)c2)on1.I. The third-order valence-electron chi connectivity index (χ3n) is 4.67. The van der Waals surface area contributed by atoms with E-state index in [1.807, 2.05) is 6.07 Å². The van der Waals surface area contributed by atoms with E-state index in [4.69, 9.17) is 9.26 Å². The number of aliphatic imine (C=N–C) groups is 1. The molecule has 0 spiro atoms. The predicted molar refractivity (Wildman–Crippen MR) is 129 cm³/mol. The number of guanidine groups is 1. The first-order valence-electron chi connectivity index (χ1n) is 9.93. The van der Waals surface area contributed by atoms with Gasteiger partial charge in [-0.2, -0.15) is 0 Å². The van der Waals surface area contributed by atoms with Crippen molar-refractivity contribution >= 4 is 35.8 Å². The lowest BCUT2D eigenvalue weighted by Gasteiger charge is -2.11. The number of carbonyl (C=O) groups excluding carboxylic acids is 1. The average molecular weight is 529 g/mol. The van der Waals surface area contributed by atoms with Crippen molar-refractivity contribution in [1.29, 1.82) is 0 Å². The maximum Gasteiger partial charge on any atom is 0.251 e. The van der Waals surface area contributed by atoms with E-state index in [-0.39, 0.29) is 29.9 Å². The number of hydrogen-bond acceptors (Lipinski definition) is 5. The van der Waals surface area contributed by atoms with Crippen LogP contribution in [0.15, 0.2) is 39.8 Å². The first-order chi connectivity index (χ1) is 14.1. The normalized spacial score (nSPS) is 11.0. The summed E-state index contributed by atoms with van der Waals surface area (Å²) in [5.74, 6) is 2.32. The average Bonchev–Trinajstić information content (AvgIpc) is 3.22. The molecule has 0 atom stereocenters. The summed E-state index contributed by atoms with van der Waals surface area (Å²) >= 11 is 0. The van der Waals surface area contributed by atoms with Crippen LogP contribution in [0, 0.1) is 0 Å². The molecule has 0 saturated heterocycles. The van der Waals surface area contributed by atoms with Crippen LogP contribution in [-0.4, -0.2) is 44.3 Å². The lowest BCUT2D eigenvalue weighted by atomic mass is 9.99. The summed E-state index contributed by atoms with van der Waals surface area (Å²) in [4.78, 5) is 16.4. The van der Waals surface area contributed by atoms with Crippen molar-refractivity contribution in [2.24, 2.45) is 4.99 Å². The molecular weight excluding hydrogens is 497 g/mol. The summed E-state index contributed by atoms with van der Waals surface area (Å²) in [7, 11) is 3.27. The van der Waals surface area contributed by atoms with Crippen LogP contribution in [0.5, 0.6) is 5.75 Å². The van der Waals surface area contributed by atoms with E-state index in [2.05, 4.69) is 39.9 Å². The third-order valence-corrected chi connectivity index (χ3v) is 4.67. The molecule has 1 heterocycles. The lowest BCUT2D eigenvalue weighted by Crippen LogP contribution is -2.41. The van der Waals surface area contributed by atoms with E-state index in [1.165, 1.54) is 0 Å². The zero-order valence-corrected chi connectivity index (χ0v) is 20.4. The van der Waals surface area contributed by atoms with Gasteiger partial charge in [-0.1, -0.05) is 25.1 Å². The fraction of sp³-hybridized carbons (Fsp3) is 0.476. The fourth-order valence-corrected chi connectivity index (χ4v) is 2.93. The van der Waals surface area contributed by atoms with E-state index >= 15 is 0 Å². The van der Waals surface area contributed by atoms with Crippen LogP contribution >= 0.6 is 24.0 Å². The molecule has 0 saturated carbocycles. The van der Waals surface area contributed by atoms with Crippen molar-refractivity contribution in [3.8, 4) is 5.75 Å². The number of benzene rings is 1. The van der Waals surface area contributed by atoms with E-state index in [0.717, 1.165) is 24.3 Å². The maximum atomic E-state index is 12.2. The third kappa shape index (κ3) is 7.85. The van der Waals surface area contributed by atoms with E-state index in [1.54, 1.807) is 38.4 Å². The minimum absolute atomic E-state index is 0. The van der Waals surface area contributed by atoms with Crippen LogP contribution in [0.1, 0.15) is 54.4 Å². The standard InChI is InChI=1S/C21H31N5O3.HI/c1-5-15(6-2)19-13-18(29-26-19)14-25-21(22-3)24-11-10-23-20(27)16-8-7-9-17(12-16)28-4;/h7-9,12-13,15H,5-6,10-11,14H2,1-4H3,(H,23,27)(H2,22,24,25);1H. The summed E-state index contributed by atoms with van der Waals surface area (Å²) in [6.45, 7) is 5.78.